The third-order valence-corrected chi connectivity index (χ3v) is 3.02. The Morgan fingerprint density at radius 1 is 1.00 bits per heavy atom. The lowest BCUT2D eigenvalue weighted by atomic mass is 10.1. The van der Waals surface area contributed by atoms with Crippen molar-refractivity contribution in [2.45, 2.75) is 6.92 Å². The molecule has 0 heterocycles. The normalized spacial score (nSPS) is 11.2. The van der Waals surface area contributed by atoms with E-state index >= 15 is 0 Å². The summed E-state index contributed by atoms with van der Waals surface area (Å²) in [5.74, 6) is 0. The van der Waals surface area contributed by atoms with Crippen molar-refractivity contribution in [2.24, 2.45) is 5.10 Å². The fourth-order valence-electron chi connectivity index (χ4n) is 2.00. The molecule has 0 aliphatic rings. The molecule has 19 heavy (non-hydrogen) atoms. The van der Waals surface area contributed by atoms with E-state index in [4.69, 9.17) is 0 Å². The summed E-state index contributed by atoms with van der Waals surface area (Å²) >= 11 is 0. The fraction of sp³-hybridized carbons (Fsp3) is 0.188. The Morgan fingerprint density at radius 2 is 1.63 bits per heavy atom. The molecule has 0 aliphatic carbocycles. The minimum absolute atomic E-state index is 0.983. The summed E-state index contributed by atoms with van der Waals surface area (Å²) in [5, 5.41) is 9.72. The zero-order valence-electron chi connectivity index (χ0n) is 11.6. The van der Waals surface area contributed by atoms with Gasteiger partial charge in [0.05, 0.1) is 11.4 Å². The van der Waals surface area contributed by atoms with Gasteiger partial charge in [-0.25, -0.2) is 0 Å². The molecule has 98 valence electrons. The Labute approximate surface area is 114 Å². The molecule has 0 aliphatic heterocycles. The van der Waals surface area contributed by atoms with Crippen molar-refractivity contribution in [3.8, 4) is 0 Å². The molecule has 0 bridgehead atoms. The van der Waals surface area contributed by atoms with Gasteiger partial charge in [0, 0.05) is 25.3 Å². The van der Waals surface area contributed by atoms with E-state index in [9.17, 15) is 0 Å². The molecule has 0 fully saturated rings. The minimum Gasteiger partial charge on any atom is -0.388 e. The number of nitrogens with zero attached hydrogens (tertiary/aromatic N) is 2. The number of para-hydroxylation sites is 2. The first kappa shape index (κ1) is 13.1. The number of benzene rings is 2. The summed E-state index contributed by atoms with van der Waals surface area (Å²) in [6, 6.07) is 18.3. The van der Waals surface area contributed by atoms with E-state index in [1.807, 2.05) is 68.5 Å². The van der Waals surface area contributed by atoms with Crippen molar-refractivity contribution in [1.82, 2.24) is 0 Å². The average molecular weight is 253 g/mol. The first-order valence-corrected chi connectivity index (χ1v) is 6.33. The van der Waals surface area contributed by atoms with Crippen LogP contribution in [0.25, 0.3) is 0 Å². The number of hydrogen-bond donors (Lipinski definition) is 1. The summed E-state index contributed by atoms with van der Waals surface area (Å²) < 4.78 is 0. The van der Waals surface area contributed by atoms with E-state index in [0.717, 1.165) is 22.6 Å². The van der Waals surface area contributed by atoms with E-state index in [0.29, 0.717) is 0 Å². The van der Waals surface area contributed by atoms with Crippen molar-refractivity contribution in [1.29, 1.82) is 0 Å². The average Bonchev–Trinajstić information content (AvgIpc) is 2.48. The largest absolute Gasteiger partial charge is 0.388 e. The molecule has 0 spiro atoms. The summed E-state index contributed by atoms with van der Waals surface area (Å²) in [6.45, 7) is 2.02. The summed E-state index contributed by atoms with van der Waals surface area (Å²) in [6.07, 6.45) is 0. The molecule has 2 aromatic carbocycles. The molecule has 2 aromatic rings. The molecule has 0 saturated heterocycles. The third-order valence-electron chi connectivity index (χ3n) is 3.02. The van der Waals surface area contributed by atoms with E-state index in [1.54, 1.807) is 0 Å². The van der Waals surface area contributed by atoms with Crippen LogP contribution in [0.15, 0.2) is 59.7 Å². The zero-order chi connectivity index (χ0) is 13.7. The van der Waals surface area contributed by atoms with Gasteiger partial charge in [0.2, 0.25) is 0 Å². The number of hydrazone groups is 1. The van der Waals surface area contributed by atoms with Crippen LogP contribution < -0.4 is 10.3 Å². The highest BCUT2D eigenvalue weighted by atomic mass is 15.4. The van der Waals surface area contributed by atoms with Crippen molar-refractivity contribution in [3.05, 3.63) is 60.2 Å². The number of anilines is 2. The van der Waals surface area contributed by atoms with E-state index < -0.39 is 0 Å². The summed E-state index contributed by atoms with van der Waals surface area (Å²) in [4.78, 5) is 0. The Hall–Kier alpha value is -2.29. The summed E-state index contributed by atoms with van der Waals surface area (Å²) in [7, 11) is 3.88. The summed E-state index contributed by atoms with van der Waals surface area (Å²) in [5.41, 5.74) is 4.26. The molecule has 0 radical (unpaired) electrons. The molecule has 3 heteroatoms. The quantitative estimate of drug-likeness (QED) is 0.666. The Balaban J connectivity index is 2.28. The number of nitrogens with one attached hydrogen (secondary N) is 1. The van der Waals surface area contributed by atoms with Gasteiger partial charge in [-0.3, -0.25) is 5.01 Å². The Kier molecular flexibility index (Phi) is 4.18. The predicted molar refractivity (Wildman–Crippen MR) is 83.0 cm³/mol. The van der Waals surface area contributed by atoms with E-state index in [1.165, 1.54) is 0 Å². The molecule has 1 N–H and O–H groups in total. The van der Waals surface area contributed by atoms with Gasteiger partial charge in [-0.1, -0.05) is 36.4 Å². The van der Waals surface area contributed by atoms with Crippen LogP contribution in [-0.4, -0.2) is 19.8 Å². The number of rotatable bonds is 4. The molecule has 3 nitrogen and oxygen atoms in total. The standard InChI is InChI=1S/C16H19N3/c1-13(15-11-7-8-12-16(15)17-2)18-19(3)14-9-5-4-6-10-14/h4-12,17H,1-3H3/b18-13-. The molecule has 2 rings (SSSR count). The molecular formula is C16H19N3. The lowest BCUT2D eigenvalue weighted by Crippen LogP contribution is -2.13. The first-order chi connectivity index (χ1) is 9.22. The van der Waals surface area contributed by atoms with Gasteiger partial charge in [0.1, 0.15) is 0 Å². The van der Waals surface area contributed by atoms with Crippen LogP contribution in [0.2, 0.25) is 0 Å². The lowest BCUT2D eigenvalue weighted by molar-refractivity contribution is 1.01. The van der Waals surface area contributed by atoms with Crippen molar-refractivity contribution in [2.75, 3.05) is 24.4 Å². The molecule has 0 aromatic heterocycles. The van der Waals surface area contributed by atoms with Crippen LogP contribution >= 0.6 is 0 Å². The predicted octanol–water partition coefficient (Wildman–Crippen LogP) is 3.59. The smallest absolute Gasteiger partial charge is 0.0671 e. The van der Waals surface area contributed by atoms with Crippen LogP contribution in [0.3, 0.4) is 0 Å². The highest BCUT2D eigenvalue weighted by Gasteiger charge is 2.05. The highest BCUT2D eigenvalue weighted by molar-refractivity contribution is 6.03. The maximum atomic E-state index is 4.64. The second-order valence-corrected chi connectivity index (χ2v) is 4.34. The first-order valence-electron chi connectivity index (χ1n) is 6.33. The fourth-order valence-corrected chi connectivity index (χ4v) is 2.00. The second-order valence-electron chi connectivity index (χ2n) is 4.34. The molecular weight excluding hydrogens is 234 g/mol. The van der Waals surface area contributed by atoms with Crippen LogP contribution in [0.5, 0.6) is 0 Å². The second kappa shape index (κ2) is 6.05. The van der Waals surface area contributed by atoms with Crippen LogP contribution in [0, 0.1) is 0 Å². The van der Waals surface area contributed by atoms with Crippen LogP contribution in [0.4, 0.5) is 11.4 Å². The van der Waals surface area contributed by atoms with Gasteiger partial charge in [-0.15, -0.1) is 0 Å². The Morgan fingerprint density at radius 3 is 2.32 bits per heavy atom. The Bertz CT molecular complexity index is 561. The number of hydrogen-bond acceptors (Lipinski definition) is 3. The van der Waals surface area contributed by atoms with Crippen molar-refractivity contribution in [3.63, 3.8) is 0 Å². The topological polar surface area (TPSA) is 27.6 Å². The maximum Gasteiger partial charge on any atom is 0.0671 e. The molecule has 0 unspecified atom stereocenters. The van der Waals surface area contributed by atoms with Gasteiger partial charge < -0.3 is 5.32 Å². The van der Waals surface area contributed by atoms with Gasteiger partial charge in [-0.2, -0.15) is 5.10 Å². The van der Waals surface area contributed by atoms with Crippen molar-refractivity contribution < 1.29 is 0 Å². The van der Waals surface area contributed by atoms with Crippen molar-refractivity contribution >= 4 is 17.1 Å². The van der Waals surface area contributed by atoms with Gasteiger partial charge >= 0.3 is 0 Å². The van der Waals surface area contributed by atoms with E-state index in [-0.39, 0.29) is 0 Å². The monoisotopic (exact) mass is 253 g/mol. The van der Waals surface area contributed by atoms with Gasteiger partial charge in [0.15, 0.2) is 0 Å². The van der Waals surface area contributed by atoms with Crippen LogP contribution in [-0.2, 0) is 0 Å². The lowest BCUT2D eigenvalue weighted by Gasteiger charge is -2.15. The molecule has 0 saturated carbocycles. The maximum absolute atomic E-state index is 4.64. The van der Waals surface area contributed by atoms with E-state index in [2.05, 4.69) is 22.6 Å². The zero-order valence-corrected chi connectivity index (χ0v) is 11.6. The van der Waals surface area contributed by atoms with Gasteiger partial charge in [0.25, 0.3) is 0 Å². The minimum atomic E-state index is 0.983. The van der Waals surface area contributed by atoms with Crippen LogP contribution in [0.1, 0.15) is 12.5 Å². The molecule has 0 atom stereocenters. The highest BCUT2D eigenvalue weighted by Crippen LogP contribution is 2.17. The third kappa shape index (κ3) is 3.13. The SMILES string of the molecule is CNc1ccccc1/C(C)=N\N(C)c1ccccc1. The molecule has 0 amide bonds. The van der Waals surface area contributed by atoms with Gasteiger partial charge in [-0.05, 0) is 25.1 Å².